The van der Waals surface area contributed by atoms with Crippen molar-refractivity contribution in [1.29, 1.82) is 0 Å². The van der Waals surface area contributed by atoms with E-state index in [1.54, 1.807) is 24.3 Å². The molecule has 5 heteroatoms. The zero-order valence-electron chi connectivity index (χ0n) is 16.9. The van der Waals surface area contributed by atoms with Crippen LogP contribution in [0.5, 0.6) is 0 Å². The summed E-state index contributed by atoms with van der Waals surface area (Å²) in [6.45, 7) is 5.96. The quantitative estimate of drug-likeness (QED) is 0.365. The van der Waals surface area contributed by atoms with Gasteiger partial charge < -0.3 is 5.32 Å². The predicted molar refractivity (Wildman–Crippen MR) is 126 cm³/mol. The van der Waals surface area contributed by atoms with Crippen LogP contribution >= 0.6 is 23.2 Å². The van der Waals surface area contributed by atoms with E-state index in [2.05, 4.69) is 11.4 Å². The van der Waals surface area contributed by atoms with Crippen LogP contribution < -0.4 is 5.32 Å². The van der Waals surface area contributed by atoms with Gasteiger partial charge in [0.1, 0.15) is 0 Å². The number of halogens is 2. The number of pyridine rings is 1. The first-order valence-corrected chi connectivity index (χ1v) is 10.3. The summed E-state index contributed by atoms with van der Waals surface area (Å²) < 4.78 is 0. The fourth-order valence-corrected chi connectivity index (χ4v) is 4.07. The average molecular weight is 435 g/mol. The molecule has 0 radical (unpaired) electrons. The Balaban J connectivity index is 1.95. The van der Waals surface area contributed by atoms with Crippen LogP contribution in [0.3, 0.4) is 0 Å². The van der Waals surface area contributed by atoms with Gasteiger partial charge >= 0.3 is 0 Å². The van der Waals surface area contributed by atoms with Crippen molar-refractivity contribution in [2.24, 2.45) is 0 Å². The zero-order chi connectivity index (χ0) is 21.4. The highest BCUT2D eigenvalue weighted by Gasteiger charge is 2.20. The highest BCUT2D eigenvalue weighted by molar-refractivity contribution is 6.31. The lowest BCUT2D eigenvalue weighted by Gasteiger charge is -2.17. The fraction of sp³-hybridized carbons (Fsp3) is 0.120. The molecule has 150 valence electrons. The van der Waals surface area contributed by atoms with Crippen molar-refractivity contribution in [3.05, 3.63) is 93.0 Å². The van der Waals surface area contributed by atoms with Gasteiger partial charge in [0.2, 0.25) is 0 Å². The first kappa shape index (κ1) is 20.4. The Hall–Kier alpha value is -2.88. The molecule has 1 N–H and O–H groups in total. The number of nitrogens with one attached hydrogen (secondary N) is 1. The van der Waals surface area contributed by atoms with Crippen molar-refractivity contribution in [3.63, 3.8) is 0 Å². The van der Waals surface area contributed by atoms with Gasteiger partial charge in [0.05, 0.1) is 16.8 Å². The maximum Gasteiger partial charge on any atom is 0.256 e. The first-order valence-electron chi connectivity index (χ1n) is 9.58. The number of benzene rings is 3. The van der Waals surface area contributed by atoms with Gasteiger partial charge in [-0.05, 0) is 74.4 Å². The number of aryl methyl sites for hydroxylation is 2. The van der Waals surface area contributed by atoms with Gasteiger partial charge in [0.15, 0.2) is 0 Å². The van der Waals surface area contributed by atoms with Gasteiger partial charge in [0.25, 0.3) is 5.91 Å². The van der Waals surface area contributed by atoms with Crippen LogP contribution in [-0.4, -0.2) is 10.9 Å². The molecule has 3 nitrogen and oxygen atoms in total. The molecule has 0 atom stereocenters. The molecule has 4 aromatic rings. The molecule has 0 spiro atoms. The minimum absolute atomic E-state index is 0.185. The molecule has 3 aromatic carbocycles. The van der Waals surface area contributed by atoms with E-state index in [9.17, 15) is 4.79 Å². The molecule has 0 saturated carbocycles. The number of amides is 1. The Bertz CT molecular complexity index is 1280. The Morgan fingerprint density at radius 1 is 0.900 bits per heavy atom. The molecule has 1 heterocycles. The van der Waals surface area contributed by atoms with Crippen LogP contribution in [0.15, 0.2) is 60.7 Å². The molecule has 1 aromatic heterocycles. The van der Waals surface area contributed by atoms with Crippen LogP contribution in [0, 0.1) is 20.8 Å². The first-order chi connectivity index (χ1) is 14.3. The third-order valence-corrected chi connectivity index (χ3v) is 5.58. The average Bonchev–Trinajstić information content (AvgIpc) is 2.69. The molecule has 1 amide bonds. The van der Waals surface area contributed by atoms with Crippen molar-refractivity contribution in [3.8, 4) is 11.3 Å². The lowest BCUT2D eigenvalue weighted by atomic mass is 9.94. The summed E-state index contributed by atoms with van der Waals surface area (Å²) in [5.41, 5.74) is 6.63. The summed E-state index contributed by atoms with van der Waals surface area (Å²) in [6, 6.07) is 18.7. The maximum absolute atomic E-state index is 13.4. The molecule has 0 saturated heterocycles. The summed E-state index contributed by atoms with van der Waals surface area (Å²) in [4.78, 5) is 18.3. The van der Waals surface area contributed by atoms with E-state index in [0.717, 1.165) is 38.9 Å². The second-order valence-corrected chi connectivity index (χ2v) is 8.28. The zero-order valence-corrected chi connectivity index (χ0v) is 18.4. The number of fused-ring (bicyclic) bond motifs is 1. The highest BCUT2D eigenvalue weighted by Crippen LogP contribution is 2.33. The second kappa shape index (κ2) is 8.10. The monoisotopic (exact) mass is 434 g/mol. The van der Waals surface area contributed by atoms with Gasteiger partial charge in [-0.2, -0.15) is 0 Å². The molecule has 0 bridgehead atoms. The third-order valence-electron chi connectivity index (χ3n) is 5.10. The topological polar surface area (TPSA) is 42.0 Å². The lowest BCUT2D eigenvalue weighted by molar-refractivity contribution is 0.102. The van der Waals surface area contributed by atoms with Crippen molar-refractivity contribution < 1.29 is 4.79 Å². The summed E-state index contributed by atoms with van der Waals surface area (Å²) >= 11 is 12.2. The van der Waals surface area contributed by atoms with Crippen LogP contribution in [0.25, 0.3) is 22.2 Å². The number of carbonyl (C=O) groups excluding carboxylic acids is 1. The minimum Gasteiger partial charge on any atom is -0.322 e. The van der Waals surface area contributed by atoms with Gasteiger partial charge in [-0.15, -0.1) is 0 Å². The maximum atomic E-state index is 13.4. The molecule has 4 rings (SSSR count). The van der Waals surface area contributed by atoms with Gasteiger partial charge in [-0.25, -0.2) is 4.98 Å². The van der Waals surface area contributed by atoms with Crippen LogP contribution in [0.2, 0.25) is 10.0 Å². The van der Waals surface area contributed by atoms with Crippen LogP contribution in [0.4, 0.5) is 5.69 Å². The Labute approximate surface area is 185 Å². The summed E-state index contributed by atoms with van der Waals surface area (Å²) in [5, 5.41) is 5.08. The van der Waals surface area contributed by atoms with Gasteiger partial charge in [0, 0.05) is 26.7 Å². The van der Waals surface area contributed by atoms with E-state index < -0.39 is 0 Å². The van der Waals surface area contributed by atoms with Crippen LogP contribution in [0.1, 0.15) is 27.0 Å². The molecule has 0 aliphatic carbocycles. The number of hydrogen-bond donors (Lipinski definition) is 1. The molecule has 30 heavy (non-hydrogen) atoms. The molecule has 0 fully saturated rings. The molecular formula is C25H20Cl2N2O. The smallest absolute Gasteiger partial charge is 0.256 e. The predicted octanol–water partition coefficient (Wildman–Crippen LogP) is 7.39. The normalized spacial score (nSPS) is 11.0. The van der Waals surface area contributed by atoms with E-state index in [0.29, 0.717) is 21.3 Å². The number of anilines is 1. The van der Waals surface area contributed by atoms with E-state index in [1.807, 2.05) is 51.1 Å². The molecule has 0 aliphatic rings. The molecule has 0 aliphatic heterocycles. The van der Waals surface area contributed by atoms with E-state index in [1.165, 1.54) is 0 Å². The number of hydrogen-bond acceptors (Lipinski definition) is 2. The summed E-state index contributed by atoms with van der Waals surface area (Å²) in [7, 11) is 0. The van der Waals surface area contributed by atoms with E-state index >= 15 is 0 Å². The largest absolute Gasteiger partial charge is 0.322 e. The number of nitrogens with zero attached hydrogens (tertiary/aromatic N) is 1. The van der Waals surface area contributed by atoms with E-state index in [-0.39, 0.29) is 5.91 Å². The van der Waals surface area contributed by atoms with Crippen molar-refractivity contribution in [2.45, 2.75) is 20.8 Å². The highest BCUT2D eigenvalue weighted by atomic mass is 35.5. The Kier molecular flexibility index (Phi) is 5.50. The molecular weight excluding hydrogens is 415 g/mol. The van der Waals surface area contributed by atoms with Gasteiger partial charge in [-0.1, -0.05) is 47.0 Å². The number of rotatable bonds is 3. The van der Waals surface area contributed by atoms with Gasteiger partial charge in [-0.3, -0.25) is 4.79 Å². The standard InChI is InChI=1S/C25H20Cl2N2O/c1-14-11-15(2)23-21(12-14)22(25(30)28-20-9-7-18(26)8-10-20)16(3)24(29-23)17-5-4-6-19(27)13-17/h4-13H,1-3H3,(H,28,30). The minimum atomic E-state index is -0.185. The third kappa shape index (κ3) is 3.91. The van der Waals surface area contributed by atoms with E-state index in [4.69, 9.17) is 28.2 Å². The number of aromatic nitrogens is 1. The fourth-order valence-electron chi connectivity index (χ4n) is 3.75. The summed E-state index contributed by atoms with van der Waals surface area (Å²) in [5.74, 6) is -0.185. The van der Waals surface area contributed by atoms with Crippen molar-refractivity contribution in [2.75, 3.05) is 5.32 Å². The Morgan fingerprint density at radius 3 is 2.33 bits per heavy atom. The molecule has 0 unspecified atom stereocenters. The second-order valence-electron chi connectivity index (χ2n) is 7.41. The van der Waals surface area contributed by atoms with Crippen molar-refractivity contribution in [1.82, 2.24) is 4.98 Å². The lowest BCUT2D eigenvalue weighted by Crippen LogP contribution is -2.15. The SMILES string of the molecule is Cc1cc(C)c2nc(-c3cccc(Cl)c3)c(C)c(C(=O)Nc3ccc(Cl)cc3)c2c1. The summed E-state index contributed by atoms with van der Waals surface area (Å²) in [6.07, 6.45) is 0. The van der Waals surface area contributed by atoms with Crippen LogP contribution in [-0.2, 0) is 0 Å². The number of carbonyl (C=O) groups is 1. The van der Waals surface area contributed by atoms with Crippen molar-refractivity contribution >= 4 is 45.7 Å². The Morgan fingerprint density at radius 2 is 1.63 bits per heavy atom.